The summed E-state index contributed by atoms with van der Waals surface area (Å²) in [7, 11) is 0. The fraction of sp³-hybridized carbons (Fsp3) is 0.176. The van der Waals surface area contributed by atoms with Crippen molar-refractivity contribution in [3.8, 4) is 0 Å². The Kier molecular flexibility index (Phi) is 3.35. The molecule has 6 nitrogen and oxygen atoms in total. The molecule has 2 amide bonds. The van der Waals surface area contributed by atoms with Gasteiger partial charge in [-0.25, -0.2) is 9.91 Å². The monoisotopic (exact) mass is 340 g/mol. The van der Waals surface area contributed by atoms with Gasteiger partial charge < -0.3 is 0 Å². The molecule has 1 saturated heterocycles. The molecule has 0 aliphatic carbocycles. The standard InChI is InChI=1S/C17H13ClN4O2/c1-10-4-2-7-13(8-10)22-15-14(19-20-22)16(23)21(17(15)24)12-6-3-5-11(18)9-12/h2-9,14-15H,1H3/t14-,15+/m0/s1. The summed E-state index contributed by atoms with van der Waals surface area (Å²) in [6.07, 6.45) is 0. The number of rotatable bonds is 2. The van der Waals surface area contributed by atoms with Crippen LogP contribution in [0, 0.1) is 6.92 Å². The average Bonchev–Trinajstić information content (AvgIpc) is 3.08. The van der Waals surface area contributed by atoms with E-state index in [-0.39, 0.29) is 11.8 Å². The van der Waals surface area contributed by atoms with Gasteiger partial charge in [-0.1, -0.05) is 35.0 Å². The normalized spacial score (nSPS) is 22.4. The lowest BCUT2D eigenvalue weighted by atomic mass is 10.1. The van der Waals surface area contributed by atoms with Crippen molar-refractivity contribution in [2.75, 3.05) is 9.91 Å². The van der Waals surface area contributed by atoms with Crippen LogP contribution in [0.4, 0.5) is 11.4 Å². The fourth-order valence-electron chi connectivity index (χ4n) is 3.01. The molecule has 2 aliphatic heterocycles. The van der Waals surface area contributed by atoms with E-state index >= 15 is 0 Å². The molecule has 2 aromatic rings. The maximum absolute atomic E-state index is 12.9. The first kappa shape index (κ1) is 14.8. The third-order valence-electron chi connectivity index (χ3n) is 4.11. The van der Waals surface area contributed by atoms with Crippen molar-refractivity contribution < 1.29 is 9.59 Å². The molecule has 2 heterocycles. The van der Waals surface area contributed by atoms with Gasteiger partial charge in [-0.2, -0.15) is 5.11 Å². The highest BCUT2D eigenvalue weighted by atomic mass is 35.5. The summed E-state index contributed by atoms with van der Waals surface area (Å²) in [5, 5.41) is 10.0. The Morgan fingerprint density at radius 1 is 1.00 bits per heavy atom. The molecule has 0 radical (unpaired) electrons. The highest BCUT2D eigenvalue weighted by molar-refractivity contribution is 6.31. The lowest BCUT2D eigenvalue weighted by molar-refractivity contribution is -0.121. The van der Waals surface area contributed by atoms with E-state index in [1.807, 2.05) is 31.2 Å². The quantitative estimate of drug-likeness (QED) is 0.789. The summed E-state index contributed by atoms with van der Waals surface area (Å²) < 4.78 is 0. The molecule has 0 aromatic heterocycles. The molecule has 0 N–H and O–H groups in total. The molecule has 7 heteroatoms. The van der Waals surface area contributed by atoms with Gasteiger partial charge in [-0.15, -0.1) is 0 Å². The van der Waals surface area contributed by atoms with Gasteiger partial charge >= 0.3 is 0 Å². The molecule has 0 saturated carbocycles. The molecule has 0 unspecified atom stereocenters. The van der Waals surface area contributed by atoms with Gasteiger partial charge in [0.1, 0.15) is 0 Å². The minimum Gasteiger partial charge on any atom is -0.271 e. The summed E-state index contributed by atoms with van der Waals surface area (Å²) in [6, 6.07) is 12.7. The number of amides is 2. The number of hydrogen-bond acceptors (Lipinski definition) is 5. The van der Waals surface area contributed by atoms with E-state index in [1.54, 1.807) is 24.3 Å². The second-order valence-corrected chi connectivity index (χ2v) is 6.21. The number of nitrogens with zero attached hydrogens (tertiary/aromatic N) is 4. The van der Waals surface area contributed by atoms with E-state index in [9.17, 15) is 9.59 Å². The first-order valence-electron chi connectivity index (χ1n) is 7.46. The number of imide groups is 1. The van der Waals surface area contributed by atoms with E-state index in [1.165, 1.54) is 5.01 Å². The molecule has 0 spiro atoms. The first-order valence-corrected chi connectivity index (χ1v) is 7.84. The lowest BCUT2D eigenvalue weighted by Gasteiger charge is -2.21. The van der Waals surface area contributed by atoms with Gasteiger partial charge in [0.05, 0.1) is 11.4 Å². The molecular formula is C17H13ClN4O2. The smallest absolute Gasteiger partial charge is 0.263 e. The number of halogens is 1. The topological polar surface area (TPSA) is 65.3 Å². The van der Waals surface area contributed by atoms with E-state index in [0.29, 0.717) is 10.7 Å². The predicted molar refractivity (Wildman–Crippen MR) is 90.0 cm³/mol. The largest absolute Gasteiger partial charge is 0.271 e. The van der Waals surface area contributed by atoms with Crippen molar-refractivity contribution in [2.24, 2.45) is 10.3 Å². The molecule has 2 aromatic carbocycles. The molecule has 2 atom stereocenters. The van der Waals surface area contributed by atoms with Crippen LogP contribution in [0.2, 0.25) is 5.02 Å². The lowest BCUT2D eigenvalue weighted by Crippen LogP contribution is -2.39. The number of carbonyl (C=O) groups excluding carboxylic acids is 2. The van der Waals surface area contributed by atoms with Crippen LogP contribution < -0.4 is 9.91 Å². The Balaban J connectivity index is 1.72. The zero-order chi connectivity index (χ0) is 16.8. The van der Waals surface area contributed by atoms with E-state index in [4.69, 9.17) is 11.6 Å². The SMILES string of the molecule is Cc1cccc(N2N=N[C@@H]3C(=O)N(c4cccc(Cl)c4)C(=O)[C@@H]32)c1. The Morgan fingerprint density at radius 3 is 2.50 bits per heavy atom. The van der Waals surface area contributed by atoms with Gasteiger partial charge in [0, 0.05) is 5.02 Å². The molecule has 0 bridgehead atoms. The highest BCUT2D eigenvalue weighted by Gasteiger charge is 2.55. The Bertz CT molecular complexity index is 882. The summed E-state index contributed by atoms with van der Waals surface area (Å²) in [5.41, 5.74) is 2.22. The number of hydrogen-bond donors (Lipinski definition) is 0. The Labute approximate surface area is 143 Å². The van der Waals surface area contributed by atoms with Crippen LogP contribution in [-0.2, 0) is 9.59 Å². The molecular weight excluding hydrogens is 328 g/mol. The second kappa shape index (κ2) is 5.42. The predicted octanol–water partition coefficient (Wildman–Crippen LogP) is 3.15. The fourth-order valence-corrected chi connectivity index (χ4v) is 3.20. The molecule has 120 valence electrons. The molecule has 2 aliphatic rings. The first-order chi connectivity index (χ1) is 11.6. The summed E-state index contributed by atoms with van der Waals surface area (Å²) >= 11 is 5.98. The van der Waals surface area contributed by atoms with Gasteiger partial charge in [0.25, 0.3) is 11.8 Å². The van der Waals surface area contributed by atoms with Crippen molar-refractivity contribution in [1.82, 2.24) is 0 Å². The van der Waals surface area contributed by atoms with Crippen LogP contribution in [0.5, 0.6) is 0 Å². The Morgan fingerprint density at radius 2 is 1.75 bits per heavy atom. The van der Waals surface area contributed by atoms with Gasteiger partial charge in [-0.05, 0) is 42.8 Å². The number of anilines is 2. The van der Waals surface area contributed by atoms with E-state index < -0.39 is 12.1 Å². The maximum atomic E-state index is 12.9. The van der Waals surface area contributed by atoms with Crippen molar-refractivity contribution in [3.05, 3.63) is 59.1 Å². The number of carbonyl (C=O) groups is 2. The number of benzene rings is 2. The van der Waals surface area contributed by atoms with Crippen molar-refractivity contribution >= 4 is 34.8 Å². The van der Waals surface area contributed by atoms with Crippen LogP contribution in [-0.4, -0.2) is 23.9 Å². The van der Waals surface area contributed by atoms with E-state index in [2.05, 4.69) is 10.3 Å². The molecule has 4 rings (SSSR count). The van der Waals surface area contributed by atoms with Crippen LogP contribution in [0.25, 0.3) is 0 Å². The Hall–Kier alpha value is -2.73. The van der Waals surface area contributed by atoms with Gasteiger partial charge in [-0.3, -0.25) is 9.59 Å². The average molecular weight is 341 g/mol. The van der Waals surface area contributed by atoms with Crippen molar-refractivity contribution in [2.45, 2.75) is 19.0 Å². The van der Waals surface area contributed by atoms with Gasteiger partial charge in [0.2, 0.25) is 0 Å². The van der Waals surface area contributed by atoms with Crippen LogP contribution >= 0.6 is 11.6 Å². The summed E-state index contributed by atoms with van der Waals surface area (Å²) in [6.45, 7) is 1.95. The summed E-state index contributed by atoms with van der Waals surface area (Å²) in [4.78, 5) is 26.7. The zero-order valence-corrected chi connectivity index (χ0v) is 13.5. The van der Waals surface area contributed by atoms with Crippen LogP contribution in [0.1, 0.15) is 5.56 Å². The second-order valence-electron chi connectivity index (χ2n) is 5.77. The summed E-state index contributed by atoms with van der Waals surface area (Å²) in [5.74, 6) is -0.732. The maximum Gasteiger partial charge on any atom is 0.263 e. The molecule has 1 fully saturated rings. The minimum absolute atomic E-state index is 0.348. The van der Waals surface area contributed by atoms with E-state index in [0.717, 1.165) is 16.2 Å². The van der Waals surface area contributed by atoms with Crippen LogP contribution in [0.15, 0.2) is 58.9 Å². The van der Waals surface area contributed by atoms with Gasteiger partial charge in [0.15, 0.2) is 12.1 Å². The number of fused-ring (bicyclic) bond motifs is 1. The third kappa shape index (κ3) is 2.18. The van der Waals surface area contributed by atoms with Crippen molar-refractivity contribution in [3.63, 3.8) is 0 Å². The zero-order valence-electron chi connectivity index (χ0n) is 12.8. The highest BCUT2D eigenvalue weighted by Crippen LogP contribution is 2.35. The third-order valence-corrected chi connectivity index (χ3v) is 4.35. The van der Waals surface area contributed by atoms with Crippen molar-refractivity contribution in [1.29, 1.82) is 0 Å². The minimum atomic E-state index is -0.822. The van der Waals surface area contributed by atoms with Crippen LogP contribution in [0.3, 0.4) is 0 Å². The molecule has 24 heavy (non-hydrogen) atoms. The number of aryl methyl sites for hydroxylation is 1.